The van der Waals surface area contributed by atoms with Gasteiger partial charge in [-0.15, -0.1) is 0 Å². The van der Waals surface area contributed by atoms with Crippen LogP contribution in [0, 0.1) is 0 Å². The fraction of sp³-hybridized carbons (Fsp3) is 0.412. The summed E-state index contributed by atoms with van der Waals surface area (Å²) in [6.07, 6.45) is 3.29. The molecule has 0 unspecified atom stereocenters. The van der Waals surface area contributed by atoms with Gasteiger partial charge in [0.25, 0.3) is 5.91 Å². The molecule has 1 saturated carbocycles. The van der Waals surface area contributed by atoms with Crippen LogP contribution >= 0.6 is 11.6 Å². The molecule has 1 aromatic heterocycles. The predicted octanol–water partition coefficient (Wildman–Crippen LogP) is 3.39. The Kier molecular flexibility index (Phi) is 3.83. The minimum atomic E-state index is -0.0905. The number of aromatic nitrogens is 1. The minimum Gasteiger partial charge on any atom is -0.374 e. The Morgan fingerprint density at radius 1 is 1.30 bits per heavy atom. The van der Waals surface area contributed by atoms with E-state index in [0.29, 0.717) is 29.6 Å². The van der Waals surface area contributed by atoms with Gasteiger partial charge in [0.15, 0.2) is 11.5 Å². The summed E-state index contributed by atoms with van der Waals surface area (Å²) in [6.45, 7) is 1.19. The van der Waals surface area contributed by atoms with Gasteiger partial charge in [-0.05, 0) is 31.4 Å². The minimum absolute atomic E-state index is 0.0905. The van der Waals surface area contributed by atoms with E-state index >= 15 is 0 Å². The van der Waals surface area contributed by atoms with E-state index in [2.05, 4.69) is 5.16 Å². The number of carbonyl (C=O) groups excluding carboxylic acids is 1. The van der Waals surface area contributed by atoms with Gasteiger partial charge in [0.1, 0.15) is 0 Å². The van der Waals surface area contributed by atoms with Gasteiger partial charge in [-0.3, -0.25) is 4.79 Å². The molecule has 1 aromatic carbocycles. The highest BCUT2D eigenvalue weighted by Gasteiger charge is 2.39. The smallest absolute Gasteiger partial charge is 0.276 e. The number of nitrogens with zero attached hydrogens (tertiary/aromatic N) is 2. The Balaban J connectivity index is 1.59. The van der Waals surface area contributed by atoms with Crippen LogP contribution in [0.1, 0.15) is 29.8 Å². The predicted molar refractivity (Wildman–Crippen MR) is 85.4 cm³/mol. The molecule has 0 spiro atoms. The maximum absolute atomic E-state index is 12.8. The van der Waals surface area contributed by atoms with E-state index < -0.39 is 0 Å². The van der Waals surface area contributed by atoms with E-state index in [9.17, 15) is 4.79 Å². The Labute approximate surface area is 139 Å². The largest absolute Gasteiger partial charge is 0.374 e. The SMILES string of the molecule is O=C(c1cc(-c2ccccc2Cl)on1)N1CCO[C@@H]2CCC[C@@H]21. The van der Waals surface area contributed by atoms with Crippen molar-refractivity contribution in [2.75, 3.05) is 13.2 Å². The zero-order chi connectivity index (χ0) is 15.8. The van der Waals surface area contributed by atoms with E-state index in [-0.39, 0.29) is 18.1 Å². The van der Waals surface area contributed by atoms with Crippen molar-refractivity contribution in [1.82, 2.24) is 10.1 Å². The number of carbonyl (C=O) groups is 1. The molecule has 1 saturated heterocycles. The van der Waals surface area contributed by atoms with Gasteiger partial charge < -0.3 is 14.2 Å². The van der Waals surface area contributed by atoms with Crippen LogP contribution < -0.4 is 0 Å². The van der Waals surface area contributed by atoms with Crippen molar-refractivity contribution in [3.05, 3.63) is 41.0 Å². The summed E-state index contributed by atoms with van der Waals surface area (Å²) >= 11 is 6.17. The van der Waals surface area contributed by atoms with Crippen LogP contribution in [0.5, 0.6) is 0 Å². The Bertz CT molecular complexity index is 730. The molecule has 2 fully saturated rings. The second-order valence-electron chi connectivity index (χ2n) is 5.96. The first kappa shape index (κ1) is 14.7. The second-order valence-corrected chi connectivity index (χ2v) is 6.37. The van der Waals surface area contributed by atoms with Gasteiger partial charge in [0, 0.05) is 18.2 Å². The van der Waals surface area contributed by atoms with Crippen LogP contribution in [0.2, 0.25) is 5.02 Å². The molecular formula is C17H17ClN2O3. The zero-order valence-corrected chi connectivity index (χ0v) is 13.3. The van der Waals surface area contributed by atoms with Gasteiger partial charge in [0.2, 0.25) is 0 Å². The monoisotopic (exact) mass is 332 g/mol. The summed E-state index contributed by atoms with van der Waals surface area (Å²) in [5.74, 6) is 0.419. The normalized spacial score (nSPS) is 23.8. The van der Waals surface area contributed by atoms with Gasteiger partial charge in [-0.1, -0.05) is 28.9 Å². The van der Waals surface area contributed by atoms with Gasteiger partial charge in [-0.2, -0.15) is 0 Å². The molecule has 2 aromatic rings. The van der Waals surface area contributed by atoms with E-state index in [1.165, 1.54) is 0 Å². The topological polar surface area (TPSA) is 55.6 Å². The third kappa shape index (κ3) is 2.64. The molecule has 23 heavy (non-hydrogen) atoms. The number of fused-ring (bicyclic) bond motifs is 1. The van der Waals surface area contributed by atoms with Crippen molar-refractivity contribution >= 4 is 17.5 Å². The standard InChI is InChI=1S/C17H17ClN2O3/c18-12-5-2-1-4-11(12)16-10-13(19-23-16)17(21)20-8-9-22-15-7-3-6-14(15)20/h1-2,4-5,10,14-15H,3,6-9H2/t14-,15+/m0/s1. The molecule has 0 N–H and O–H groups in total. The number of hydrogen-bond acceptors (Lipinski definition) is 4. The van der Waals surface area contributed by atoms with E-state index in [1.807, 2.05) is 23.1 Å². The Morgan fingerprint density at radius 3 is 3.04 bits per heavy atom. The molecule has 2 atom stereocenters. The van der Waals surface area contributed by atoms with Gasteiger partial charge >= 0.3 is 0 Å². The fourth-order valence-electron chi connectivity index (χ4n) is 3.49. The van der Waals surface area contributed by atoms with Crippen LogP contribution in [0.3, 0.4) is 0 Å². The molecule has 120 valence electrons. The van der Waals surface area contributed by atoms with Crippen molar-refractivity contribution < 1.29 is 14.1 Å². The van der Waals surface area contributed by atoms with E-state index in [4.69, 9.17) is 20.9 Å². The van der Waals surface area contributed by atoms with Crippen LogP contribution in [-0.4, -0.2) is 41.3 Å². The van der Waals surface area contributed by atoms with Crippen molar-refractivity contribution in [1.29, 1.82) is 0 Å². The first-order valence-electron chi connectivity index (χ1n) is 7.88. The molecule has 0 bridgehead atoms. The zero-order valence-electron chi connectivity index (χ0n) is 12.6. The average Bonchev–Trinajstić information content (AvgIpc) is 3.23. The maximum atomic E-state index is 12.8. The third-order valence-electron chi connectivity index (χ3n) is 4.61. The number of benzene rings is 1. The van der Waals surface area contributed by atoms with Gasteiger partial charge in [0.05, 0.1) is 23.8 Å². The van der Waals surface area contributed by atoms with Crippen molar-refractivity contribution in [2.24, 2.45) is 0 Å². The molecule has 2 heterocycles. The summed E-state index contributed by atoms with van der Waals surface area (Å²) < 4.78 is 11.1. The summed E-state index contributed by atoms with van der Waals surface area (Å²) in [5.41, 5.74) is 1.06. The summed E-state index contributed by atoms with van der Waals surface area (Å²) in [5, 5.41) is 4.53. The van der Waals surface area contributed by atoms with Crippen molar-refractivity contribution in [2.45, 2.75) is 31.4 Å². The summed E-state index contributed by atoms with van der Waals surface area (Å²) in [6, 6.07) is 9.18. The molecule has 5 nitrogen and oxygen atoms in total. The number of halogens is 1. The lowest BCUT2D eigenvalue weighted by atomic mass is 10.1. The second kappa shape index (κ2) is 5.98. The fourth-order valence-corrected chi connectivity index (χ4v) is 3.72. The molecule has 1 amide bonds. The number of rotatable bonds is 2. The quantitative estimate of drug-likeness (QED) is 0.846. The third-order valence-corrected chi connectivity index (χ3v) is 4.94. The first-order chi connectivity index (χ1) is 11.2. The molecule has 4 rings (SSSR count). The Morgan fingerprint density at radius 2 is 2.17 bits per heavy atom. The summed E-state index contributed by atoms with van der Waals surface area (Å²) in [4.78, 5) is 14.7. The molecule has 1 aliphatic heterocycles. The van der Waals surface area contributed by atoms with Crippen molar-refractivity contribution in [3.8, 4) is 11.3 Å². The number of hydrogen-bond donors (Lipinski definition) is 0. The summed E-state index contributed by atoms with van der Waals surface area (Å²) in [7, 11) is 0. The van der Waals surface area contributed by atoms with Crippen LogP contribution in [0.25, 0.3) is 11.3 Å². The van der Waals surface area contributed by atoms with Crippen LogP contribution in [0.4, 0.5) is 0 Å². The number of morpholine rings is 1. The van der Waals surface area contributed by atoms with Crippen LogP contribution in [-0.2, 0) is 4.74 Å². The van der Waals surface area contributed by atoms with Crippen molar-refractivity contribution in [3.63, 3.8) is 0 Å². The first-order valence-corrected chi connectivity index (χ1v) is 8.26. The van der Waals surface area contributed by atoms with Gasteiger partial charge in [-0.25, -0.2) is 0 Å². The maximum Gasteiger partial charge on any atom is 0.276 e. The lowest BCUT2D eigenvalue weighted by molar-refractivity contribution is -0.0448. The lowest BCUT2D eigenvalue weighted by Gasteiger charge is -2.37. The number of ether oxygens (including phenoxy) is 1. The highest BCUT2D eigenvalue weighted by atomic mass is 35.5. The number of amides is 1. The van der Waals surface area contributed by atoms with E-state index in [1.54, 1.807) is 12.1 Å². The molecule has 2 aliphatic rings. The van der Waals surface area contributed by atoms with E-state index in [0.717, 1.165) is 24.8 Å². The molecule has 0 radical (unpaired) electrons. The van der Waals surface area contributed by atoms with Crippen LogP contribution in [0.15, 0.2) is 34.9 Å². The highest BCUT2D eigenvalue weighted by molar-refractivity contribution is 6.33. The average molecular weight is 333 g/mol. The lowest BCUT2D eigenvalue weighted by Crippen LogP contribution is -2.51. The molecule has 1 aliphatic carbocycles. The Hall–Kier alpha value is -1.85. The molecule has 6 heteroatoms. The molecular weight excluding hydrogens is 316 g/mol. The highest BCUT2D eigenvalue weighted by Crippen LogP contribution is 2.32.